The van der Waals surface area contributed by atoms with Crippen LogP contribution < -0.4 is 0 Å². The number of nitrogens with zero attached hydrogens (tertiary/aromatic N) is 4. The molecular weight excluding hydrogens is 404 g/mol. The molecule has 1 aliphatic carbocycles. The summed E-state index contributed by atoms with van der Waals surface area (Å²) in [5.74, 6) is 0.846. The number of carbonyl (C=O) groups excluding carboxylic acids is 1. The Bertz CT molecular complexity index is 1160. The Morgan fingerprint density at radius 3 is 2.75 bits per heavy atom. The summed E-state index contributed by atoms with van der Waals surface area (Å²) < 4.78 is 12.5. The van der Waals surface area contributed by atoms with E-state index in [0.717, 1.165) is 53.8 Å². The topological polar surface area (TPSA) is 83.0 Å². The van der Waals surface area contributed by atoms with Gasteiger partial charge in [0.1, 0.15) is 0 Å². The molecule has 0 saturated heterocycles. The van der Waals surface area contributed by atoms with Gasteiger partial charge in [0.25, 0.3) is 5.89 Å². The molecule has 0 spiro atoms. The number of fused-ring (bicyclic) bond motifs is 1. The van der Waals surface area contributed by atoms with E-state index in [1.165, 1.54) is 18.4 Å². The van der Waals surface area contributed by atoms with Gasteiger partial charge in [-0.15, -0.1) is 0 Å². The zero-order chi connectivity index (χ0) is 23.0. The van der Waals surface area contributed by atoms with Crippen molar-refractivity contribution in [3.8, 4) is 23.0 Å². The zero-order valence-corrected chi connectivity index (χ0v) is 19.9. The Morgan fingerprint density at radius 1 is 1.25 bits per heavy atom. The minimum atomic E-state index is -0.202. The van der Waals surface area contributed by atoms with Gasteiger partial charge in [-0.1, -0.05) is 25.1 Å². The molecule has 2 aromatic heterocycles. The molecule has 2 heterocycles. The highest BCUT2D eigenvalue weighted by molar-refractivity contribution is 5.70. The maximum atomic E-state index is 11.5. The number of aryl methyl sites for hydroxylation is 4. The van der Waals surface area contributed by atoms with Gasteiger partial charge in [0.2, 0.25) is 5.82 Å². The number of methoxy groups -OCH3 is 1. The molecule has 1 aromatic carbocycles. The molecule has 4 rings (SSSR count). The first-order chi connectivity index (χ1) is 15.2. The van der Waals surface area contributed by atoms with Gasteiger partial charge in [0.05, 0.1) is 7.11 Å². The van der Waals surface area contributed by atoms with E-state index >= 15 is 0 Å². The van der Waals surface area contributed by atoms with E-state index in [1.54, 1.807) is 0 Å². The molecular formula is C25H32N4O3. The van der Waals surface area contributed by atoms with Gasteiger partial charge in [-0.3, -0.25) is 9.48 Å². The monoisotopic (exact) mass is 436 g/mol. The largest absolute Gasteiger partial charge is 0.469 e. The summed E-state index contributed by atoms with van der Waals surface area (Å²) in [6.45, 7) is 11.6. The number of hydrogen-bond donors (Lipinski definition) is 0. The Labute approximate surface area is 189 Å². The number of ether oxygens (including phenoxy) is 1. The smallest absolute Gasteiger partial charge is 0.305 e. The molecule has 0 fully saturated rings. The molecule has 170 valence electrons. The summed E-state index contributed by atoms with van der Waals surface area (Å²) in [5.41, 5.74) is 7.83. The molecule has 1 aliphatic rings. The first kappa shape index (κ1) is 22.2. The van der Waals surface area contributed by atoms with Gasteiger partial charge >= 0.3 is 5.97 Å². The van der Waals surface area contributed by atoms with Gasteiger partial charge in [0.15, 0.2) is 5.69 Å². The molecule has 7 heteroatoms. The Morgan fingerprint density at radius 2 is 2.03 bits per heavy atom. The van der Waals surface area contributed by atoms with Crippen LogP contribution in [0.3, 0.4) is 0 Å². The highest BCUT2D eigenvalue weighted by Crippen LogP contribution is 2.39. The zero-order valence-electron chi connectivity index (χ0n) is 19.9. The number of aromatic nitrogens is 4. The lowest BCUT2D eigenvalue weighted by molar-refractivity contribution is -0.140. The molecule has 0 amide bonds. The Hall–Kier alpha value is -2.96. The normalized spacial score (nSPS) is 14.9. The van der Waals surface area contributed by atoms with E-state index in [9.17, 15) is 4.79 Å². The van der Waals surface area contributed by atoms with Crippen molar-refractivity contribution >= 4 is 5.97 Å². The van der Waals surface area contributed by atoms with Crippen LogP contribution in [0.2, 0.25) is 0 Å². The predicted molar refractivity (Wildman–Crippen MR) is 122 cm³/mol. The number of esters is 1. The standard InChI is InChI=1S/C25H32N4O3/c1-7-29-20-14-25(4,5)11-10-18(20)22(27-29)24-26-23(28-32-24)19-13-15(2)17(12-16(19)3)8-9-21(30)31-6/h12-13H,7-11,14H2,1-6H3. The summed E-state index contributed by atoms with van der Waals surface area (Å²) in [6.07, 6.45) is 4.12. The quantitative estimate of drug-likeness (QED) is 0.513. The van der Waals surface area contributed by atoms with Crippen LogP contribution >= 0.6 is 0 Å². The van der Waals surface area contributed by atoms with E-state index in [1.807, 2.05) is 13.8 Å². The first-order valence-corrected chi connectivity index (χ1v) is 11.3. The average Bonchev–Trinajstić information content (AvgIpc) is 3.37. The van der Waals surface area contributed by atoms with E-state index < -0.39 is 0 Å². The van der Waals surface area contributed by atoms with Crippen molar-refractivity contribution in [1.29, 1.82) is 0 Å². The van der Waals surface area contributed by atoms with Crippen molar-refractivity contribution in [2.45, 2.75) is 73.3 Å². The number of hydrogen-bond acceptors (Lipinski definition) is 6. The van der Waals surface area contributed by atoms with Gasteiger partial charge in [-0.05, 0) is 74.6 Å². The van der Waals surface area contributed by atoms with E-state index in [0.29, 0.717) is 24.6 Å². The van der Waals surface area contributed by atoms with Crippen molar-refractivity contribution in [1.82, 2.24) is 19.9 Å². The fraction of sp³-hybridized carbons (Fsp3) is 0.520. The number of benzene rings is 1. The van der Waals surface area contributed by atoms with Gasteiger partial charge < -0.3 is 9.26 Å². The highest BCUT2D eigenvalue weighted by atomic mass is 16.5. The second-order valence-electron chi connectivity index (χ2n) is 9.52. The maximum absolute atomic E-state index is 11.5. The molecule has 0 atom stereocenters. The van der Waals surface area contributed by atoms with Crippen LogP contribution in [-0.2, 0) is 35.3 Å². The van der Waals surface area contributed by atoms with E-state index in [-0.39, 0.29) is 11.4 Å². The van der Waals surface area contributed by atoms with Gasteiger partial charge in [0, 0.05) is 29.8 Å². The fourth-order valence-electron chi connectivity index (χ4n) is 4.59. The van der Waals surface area contributed by atoms with Crippen LogP contribution in [0.15, 0.2) is 16.7 Å². The molecule has 0 aliphatic heterocycles. The van der Waals surface area contributed by atoms with Crippen LogP contribution in [0.5, 0.6) is 0 Å². The molecule has 0 radical (unpaired) electrons. The lowest BCUT2D eigenvalue weighted by atomic mass is 9.76. The fourth-order valence-corrected chi connectivity index (χ4v) is 4.59. The third-order valence-electron chi connectivity index (χ3n) is 6.54. The molecule has 0 N–H and O–H groups in total. The summed E-state index contributed by atoms with van der Waals surface area (Å²) in [7, 11) is 1.42. The van der Waals surface area contributed by atoms with Crippen molar-refractivity contribution in [3.05, 3.63) is 40.1 Å². The third-order valence-corrected chi connectivity index (χ3v) is 6.54. The lowest BCUT2D eigenvalue weighted by Crippen LogP contribution is -2.24. The van der Waals surface area contributed by atoms with Crippen molar-refractivity contribution in [3.63, 3.8) is 0 Å². The summed E-state index contributed by atoms with van der Waals surface area (Å²) in [6, 6.07) is 4.17. The summed E-state index contributed by atoms with van der Waals surface area (Å²) in [5, 5.41) is 9.12. The Kier molecular flexibility index (Phi) is 5.93. The minimum absolute atomic E-state index is 0.202. The van der Waals surface area contributed by atoms with Crippen LogP contribution in [0.4, 0.5) is 0 Å². The molecule has 7 nitrogen and oxygen atoms in total. The van der Waals surface area contributed by atoms with E-state index in [4.69, 9.17) is 19.3 Å². The second-order valence-corrected chi connectivity index (χ2v) is 9.52. The lowest BCUT2D eigenvalue weighted by Gasteiger charge is -2.30. The average molecular weight is 437 g/mol. The van der Waals surface area contributed by atoms with Gasteiger partial charge in [-0.25, -0.2) is 0 Å². The van der Waals surface area contributed by atoms with Crippen molar-refractivity contribution < 1.29 is 14.1 Å². The maximum Gasteiger partial charge on any atom is 0.305 e. The van der Waals surface area contributed by atoms with Crippen LogP contribution in [-0.4, -0.2) is 33.0 Å². The van der Waals surface area contributed by atoms with Crippen molar-refractivity contribution in [2.75, 3.05) is 7.11 Å². The first-order valence-electron chi connectivity index (χ1n) is 11.3. The number of rotatable bonds is 6. The van der Waals surface area contributed by atoms with Crippen LogP contribution in [0.25, 0.3) is 23.0 Å². The molecule has 0 unspecified atom stereocenters. The number of carbonyl (C=O) groups is 1. The third kappa shape index (κ3) is 4.20. The van der Waals surface area contributed by atoms with Gasteiger partial charge in [-0.2, -0.15) is 10.1 Å². The molecule has 0 saturated carbocycles. The Balaban J connectivity index is 1.65. The van der Waals surface area contributed by atoms with E-state index in [2.05, 4.69) is 42.7 Å². The van der Waals surface area contributed by atoms with Crippen LogP contribution in [0, 0.1) is 19.3 Å². The SMILES string of the molecule is CCn1nc(-c2nc(-c3cc(C)c(CCC(=O)OC)cc3C)no2)c2c1CC(C)(C)CC2. The molecule has 0 bridgehead atoms. The predicted octanol–water partition coefficient (Wildman–Crippen LogP) is 4.86. The second kappa shape index (κ2) is 8.52. The molecule has 3 aromatic rings. The minimum Gasteiger partial charge on any atom is -0.469 e. The van der Waals surface area contributed by atoms with Crippen LogP contribution in [0.1, 0.15) is 61.6 Å². The van der Waals surface area contributed by atoms with Crippen molar-refractivity contribution in [2.24, 2.45) is 5.41 Å². The summed E-state index contributed by atoms with van der Waals surface area (Å²) in [4.78, 5) is 16.2. The summed E-state index contributed by atoms with van der Waals surface area (Å²) >= 11 is 0. The highest BCUT2D eigenvalue weighted by Gasteiger charge is 2.32. The molecule has 32 heavy (non-hydrogen) atoms.